The third-order valence-electron chi connectivity index (χ3n) is 2.86. The normalized spacial score (nSPS) is 10.9. The summed E-state index contributed by atoms with van der Waals surface area (Å²) in [4.78, 5) is 27.9. The predicted molar refractivity (Wildman–Crippen MR) is 68.8 cm³/mol. The number of nitrogens with zero attached hydrogens (tertiary/aromatic N) is 2. The number of ether oxygens (including phenoxy) is 1. The average Bonchev–Trinajstić information content (AvgIpc) is 2.34. The lowest BCUT2D eigenvalue weighted by atomic mass is 9.99. The van der Waals surface area contributed by atoms with E-state index in [1.54, 1.807) is 39.2 Å². The first-order chi connectivity index (χ1) is 8.83. The van der Waals surface area contributed by atoms with Crippen LogP contribution in [-0.2, 0) is 9.59 Å². The lowest BCUT2D eigenvalue weighted by Crippen LogP contribution is -2.48. The number of aromatic nitrogens is 1. The molecule has 0 saturated heterocycles. The summed E-state index contributed by atoms with van der Waals surface area (Å²) in [6, 6.07) is 3.40. The third-order valence-corrected chi connectivity index (χ3v) is 2.86. The number of rotatable bonds is 6. The monoisotopic (exact) mass is 266 g/mol. The van der Waals surface area contributed by atoms with Crippen LogP contribution in [0.25, 0.3) is 0 Å². The van der Waals surface area contributed by atoms with Crippen LogP contribution in [0.3, 0.4) is 0 Å². The van der Waals surface area contributed by atoms with Crippen LogP contribution in [0.1, 0.15) is 20.3 Å². The largest absolute Gasteiger partial charge is 0.482 e. The number of carbonyl (C=O) groups excluding carboxylic acids is 1. The van der Waals surface area contributed by atoms with Crippen LogP contribution < -0.4 is 4.74 Å². The predicted octanol–water partition coefficient (Wildman–Crippen LogP) is 1.17. The zero-order chi connectivity index (χ0) is 14.5. The highest BCUT2D eigenvalue weighted by molar-refractivity contribution is 5.79. The quantitative estimate of drug-likeness (QED) is 0.836. The molecule has 0 fully saturated rings. The van der Waals surface area contributed by atoms with Crippen molar-refractivity contribution in [2.45, 2.75) is 25.8 Å². The Labute approximate surface area is 112 Å². The smallest absolute Gasteiger partial charge is 0.305 e. The van der Waals surface area contributed by atoms with E-state index in [4.69, 9.17) is 9.84 Å². The standard InChI is InChI=1S/C13H18N2O4/c1-13(2,7-12(17)18)15(3)11(16)9-19-10-5-4-6-14-8-10/h4-6,8H,7,9H2,1-3H3,(H,17,18). The molecule has 6 nitrogen and oxygen atoms in total. The Morgan fingerprint density at radius 3 is 2.68 bits per heavy atom. The number of aliphatic carboxylic acids is 1. The van der Waals surface area contributed by atoms with E-state index in [1.165, 1.54) is 11.1 Å². The Morgan fingerprint density at radius 1 is 1.47 bits per heavy atom. The van der Waals surface area contributed by atoms with Crippen LogP contribution in [0, 0.1) is 0 Å². The van der Waals surface area contributed by atoms with E-state index in [0.29, 0.717) is 5.75 Å². The van der Waals surface area contributed by atoms with Crippen LogP contribution in [0.4, 0.5) is 0 Å². The van der Waals surface area contributed by atoms with Crippen molar-refractivity contribution in [2.24, 2.45) is 0 Å². The summed E-state index contributed by atoms with van der Waals surface area (Å²) in [5, 5.41) is 8.81. The molecule has 104 valence electrons. The first kappa shape index (κ1) is 14.9. The van der Waals surface area contributed by atoms with Gasteiger partial charge in [-0.05, 0) is 26.0 Å². The maximum absolute atomic E-state index is 11.9. The Hall–Kier alpha value is -2.11. The zero-order valence-corrected chi connectivity index (χ0v) is 11.3. The summed E-state index contributed by atoms with van der Waals surface area (Å²) in [6.45, 7) is 3.25. The maximum Gasteiger partial charge on any atom is 0.305 e. The Balaban J connectivity index is 2.55. The van der Waals surface area contributed by atoms with Crippen LogP contribution >= 0.6 is 0 Å². The molecule has 0 radical (unpaired) electrons. The minimum atomic E-state index is -0.946. The molecule has 1 aromatic heterocycles. The number of pyridine rings is 1. The number of carbonyl (C=O) groups is 2. The SMILES string of the molecule is CN(C(=O)COc1cccnc1)C(C)(C)CC(=O)O. The van der Waals surface area contributed by atoms with Crippen molar-refractivity contribution in [3.8, 4) is 5.75 Å². The van der Waals surface area contributed by atoms with Crippen LogP contribution in [0.2, 0.25) is 0 Å². The molecule has 0 atom stereocenters. The van der Waals surface area contributed by atoms with Gasteiger partial charge in [0.2, 0.25) is 0 Å². The molecule has 0 bridgehead atoms. The van der Waals surface area contributed by atoms with Gasteiger partial charge < -0.3 is 14.7 Å². The van der Waals surface area contributed by atoms with E-state index < -0.39 is 11.5 Å². The van der Waals surface area contributed by atoms with Crippen molar-refractivity contribution >= 4 is 11.9 Å². The number of amides is 1. The van der Waals surface area contributed by atoms with Crippen LogP contribution in [-0.4, -0.2) is 46.1 Å². The van der Waals surface area contributed by atoms with Gasteiger partial charge in [-0.2, -0.15) is 0 Å². The van der Waals surface area contributed by atoms with Gasteiger partial charge in [0, 0.05) is 18.8 Å². The Bertz CT molecular complexity index is 445. The van der Waals surface area contributed by atoms with Gasteiger partial charge in [-0.1, -0.05) is 0 Å². The number of hydrogen-bond acceptors (Lipinski definition) is 4. The molecule has 1 N–H and O–H groups in total. The lowest BCUT2D eigenvalue weighted by Gasteiger charge is -2.34. The van der Waals surface area contributed by atoms with E-state index in [-0.39, 0.29) is 18.9 Å². The van der Waals surface area contributed by atoms with E-state index in [0.717, 1.165) is 0 Å². The second-order valence-corrected chi connectivity index (χ2v) is 4.81. The molecule has 0 saturated carbocycles. The molecule has 0 unspecified atom stereocenters. The molecule has 1 amide bonds. The van der Waals surface area contributed by atoms with E-state index in [2.05, 4.69) is 4.98 Å². The fraction of sp³-hybridized carbons (Fsp3) is 0.462. The van der Waals surface area contributed by atoms with Gasteiger partial charge in [0.1, 0.15) is 5.75 Å². The number of carboxylic acids is 1. The number of likely N-dealkylation sites (N-methyl/N-ethyl adjacent to an activating group) is 1. The Morgan fingerprint density at radius 2 is 2.16 bits per heavy atom. The van der Waals surface area contributed by atoms with Crippen molar-refractivity contribution in [1.29, 1.82) is 0 Å². The van der Waals surface area contributed by atoms with Crippen molar-refractivity contribution in [3.05, 3.63) is 24.5 Å². The van der Waals surface area contributed by atoms with Gasteiger partial charge in [0.05, 0.1) is 12.6 Å². The molecule has 1 heterocycles. The highest BCUT2D eigenvalue weighted by atomic mass is 16.5. The first-order valence-corrected chi connectivity index (χ1v) is 5.84. The van der Waals surface area contributed by atoms with Gasteiger partial charge in [-0.25, -0.2) is 0 Å². The van der Waals surface area contributed by atoms with Crippen molar-refractivity contribution < 1.29 is 19.4 Å². The second-order valence-electron chi connectivity index (χ2n) is 4.81. The van der Waals surface area contributed by atoms with Crippen LogP contribution in [0.5, 0.6) is 5.75 Å². The highest BCUT2D eigenvalue weighted by Crippen LogP contribution is 2.17. The summed E-state index contributed by atoms with van der Waals surface area (Å²) in [5.41, 5.74) is -0.763. The molecular formula is C13H18N2O4. The van der Waals surface area contributed by atoms with E-state index >= 15 is 0 Å². The molecule has 1 rings (SSSR count). The fourth-order valence-electron chi connectivity index (χ4n) is 1.50. The number of carboxylic acid groups (broad SMARTS) is 1. The summed E-state index contributed by atoms with van der Waals surface area (Å²) < 4.78 is 5.29. The summed E-state index contributed by atoms with van der Waals surface area (Å²) >= 11 is 0. The fourth-order valence-corrected chi connectivity index (χ4v) is 1.50. The molecule has 0 aliphatic rings. The number of hydrogen-bond donors (Lipinski definition) is 1. The Kier molecular flexibility index (Phi) is 4.86. The van der Waals surface area contributed by atoms with Crippen molar-refractivity contribution in [1.82, 2.24) is 9.88 Å². The van der Waals surface area contributed by atoms with E-state index in [9.17, 15) is 9.59 Å². The minimum Gasteiger partial charge on any atom is -0.482 e. The summed E-state index contributed by atoms with van der Waals surface area (Å²) in [5.74, 6) is -0.728. The zero-order valence-electron chi connectivity index (χ0n) is 11.3. The maximum atomic E-state index is 11.9. The molecule has 1 aromatic rings. The molecule has 6 heteroatoms. The van der Waals surface area contributed by atoms with Gasteiger partial charge in [-0.15, -0.1) is 0 Å². The molecule has 0 aliphatic heterocycles. The van der Waals surface area contributed by atoms with Crippen molar-refractivity contribution in [2.75, 3.05) is 13.7 Å². The highest BCUT2D eigenvalue weighted by Gasteiger charge is 2.30. The van der Waals surface area contributed by atoms with Gasteiger partial charge in [-0.3, -0.25) is 14.6 Å². The second kappa shape index (κ2) is 6.17. The van der Waals surface area contributed by atoms with Crippen molar-refractivity contribution in [3.63, 3.8) is 0 Å². The first-order valence-electron chi connectivity index (χ1n) is 5.84. The average molecular weight is 266 g/mol. The topological polar surface area (TPSA) is 79.7 Å². The van der Waals surface area contributed by atoms with Gasteiger partial charge >= 0.3 is 5.97 Å². The van der Waals surface area contributed by atoms with E-state index in [1.807, 2.05) is 0 Å². The molecular weight excluding hydrogens is 248 g/mol. The minimum absolute atomic E-state index is 0.123. The summed E-state index contributed by atoms with van der Waals surface area (Å²) in [6.07, 6.45) is 2.99. The lowest BCUT2D eigenvalue weighted by molar-refractivity contribution is -0.143. The van der Waals surface area contributed by atoms with Gasteiger partial charge in [0.25, 0.3) is 5.91 Å². The van der Waals surface area contributed by atoms with Crippen LogP contribution in [0.15, 0.2) is 24.5 Å². The molecule has 0 aliphatic carbocycles. The molecule has 0 spiro atoms. The van der Waals surface area contributed by atoms with Gasteiger partial charge in [0.15, 0.2) is 6.61 Å². The molecule has 0 aromatic carbocycles. The third kappa shape index (κ3) is 4.57. The molecule has 19 heavy (non-hydrogen) atoms. The summed E-state index contributed by atoms with van der Waals surface area (Å²) in [7, 11) is 1.57.